The Morgan fingerprint density at radius 3 is 2.93 bits per heavy atom. The maximum absolute atomic E-state index is 10.8. The zero-order valence-electron chi connectivity index (χ0n) is 7.56. The Morgan fingerprint density at radius 2 is 2.29 bits per heavy atom. The molecule has 0 atom stereocenters. The molecule has 0 fully saturated rings. The Hall–Kier alpha value is -2.04. The highest BCUT2D eigenvalue weighted by molar-refractivity contribution is 5.99. The summed E-state index contributed by atoms with van der Waals surface area (Å²) >= 11 is 0. The third-order valence-corrected chi connectivity index (χ3v) is 2.02. The van der Waals surface area contributed by atoms with E-state index in [1.807, 2.05) is 0 Å². The molecule has 0 saturated heterocycles. The summed E-state index contributed by atoms with van der Waals surface area (Å²) in [7, 11) is 1.77. The highest BCUT2D eigenvalue weighted by Gasteiger charge is 2.10. The fourth-order valence-electron chi connectivity index (χ4n) is 1.40. The Labute approximate surface area is 79.7 Å². The zero-order chi connectivity index (χ0) is 10.3. The molecule has 0 spiro atoms. The van der Waals surface area contributed by atoms with E-state index in [4.69, 9.17) is 10.8 Å². The van der Waals surface area contributed by atoms with Crippen molar-refractivity contribution < 1.29 is 9.90 Å². The number of rotatable bonds is 1. The maximum atomic E-state index is 10.8. The number of carbonyl (C=O) groups is 1. The molecule has 0 aliphatic heterocycles. The van der Waals surface area contributed by atoms with Gasteiger partial charge in [-0.25, -0.2) is 4.79 Å². The molecular formula is C9H9N3O2. The van der Waals surface area contributed by atoms with Crippen LogP contribution >= 0.6 is 0 Å². The first-order chi connectivity index (χ1) is 6.58. The molecule has 14 heavy (non-hydrogen) atoms. The Kier molecular flexibility index (Phi) is 1.67. The molecule has 0 aliphatic carbocycles. The quantitative estimate of drug-likeness (QED) is 0.655. The van der Waals surface area contributed by atoms with E-state index in [2.05, 4.69) is 5.10 Å². The lowest BCUT2D eigenvalue weighted by atomic mass is 10.1. The van der Waals surface area contributed by atoms with Gasteiger partial charge in [0, 0.05) is 24.3 Å². The fraction of sp³-hybridized carbons (Fsp3) is 0.111. The van der Waals surface area contributed by atoms with Crippen LogP contribution in [0.4, 0.5) is 5.69 Å². The van der Waals surface area contributed by atoms with Crippen LogP contribution in [0, 0.1) is 0 Å². The first-order valence-electron chi connectivity index (χ1n) is 4.04. The lowest BCUT2D eigenvalue weighted by molar-refractivity contribution is 0.0698. The molecule has 5 heteroatoms. The molecule has 72 valence electrons. The number of carboxylic acids is 1. The monoisotopic (exact) mass is 191 g/mol. The summed E-state index contributed by atoms with van der Waals surface area (Å²) in [4.78, 5) is 10.8. The molecule has 0 saturated carbocycles. The summed E-state index contributed by atoms with van der Waals surface area (Å²) in [5.41, 5.74) is 6.63. The minimum atomic E-state index is -1.02. The van der Waals surface area contributed by atoms with E-state index in [9.17, 15) is 4.79 Å². The van der Waals surface area contributed by atoms with Gasteiger partial charge >= 0.3 is 5.97 Å². The summed E-state index contributed by atoms with van der Waals surface area (Å²) < 4.78 is 1.62. The number of aromatic carboxylic acids is 1. The molecule has 0 aliphatic rings. The third-order valence-electron chi connectivity index (χ3n) is 2.02. The van der Waals surface area contributed by atoms with Crippen LogP contribution in [-0.4, -0.2) is 20.9 Å². The Bertz CT molecular complexity index is 516. The van der Waals surface area contributed by atoms with Gasteiger partial charge in [0.1, 0.15) is 0 Å². The summed E-state index contributed by atoms with van der Waals surface area (Å²) in [5, 5.41) is 13.7. The van der Waals surface area contributed by atoms with Crippen LogP contribution in [0.25, 0.3) is 10.9 Å². The SMILES string of the molecule is Cn1cc2cc(C(=O)O)c(N)cc2n1. The van der Waals surface area contributed by atoms with Gasteiger partial charge in [-0.3, -0.25) is 4.68 Å². The van der Waals surface area contributed by atoms with Crippen LogP contribution in [-0.2, 0) is 7.05 Å². The summed E-state index contributed by atoms with van der Waals surface area (Å²) in [6.45, 7) is 0. The molecule has 1 aromatic carbocycles. The Balaban J connectivity index is 2.76. The van der Waals surface area contributed by atoms with Gasteiger partial charge in [-0.2, -0.15) is 5.10 Å². The number of benzene rings is 1. The number of nitrogen functional groups attached to an aromatic ring is 1. The van der Waals surface area contributed by atoms with E-state index in [0.717, 1.165) is 5.39 Å². The predicted octanol–water partition coefficient (Wildman–Crippen LogP) is 0.854. The van der Waals surface area contributed by atoms with E-state index in [1.54, 1.807) is 24.0 Å². The molecule has 2 rings (SSSR count). The molecule has 3 N–H and O–H groups in total. The van der Waals surface area contributed by atoms with Gasteiger partial charge in [-0.05, 0) is 12.1 Å². The van der Waals surface area contributed by atoms with Crippen molar-refractivity contribution in [1.29, 1.82) is 0 Å². The predicted molar refractivity (Wildman–Crippen MR) is 52.1 cm³/mol. The number of fused-ring (bicyclic) bond motifs is 1. The number of hydrogen-bond donors (Lipinski definition) is 2. The van der Waals surface area contributed by atoms with E-state index >= 15 is 0 Å². The van der Waals surface area contributed by atoms with Gasteiger partial charge in [0.2, 0.25) is 0 Å². The molecule has 0 unspecified atom stereocenters. The highest BCUT2D eigenvalue weighted by Crippen LogP contribution is 2.20. The van der Waals surface area contributed by atoms with Gasteiger partial charge in [0.25, 0.3) is 0 Å². The van der Waals surface area contributed by atoms with Gasteiger partial charge < -0.3 is 10.8 Å². The van der Waals surface area contributed by atoms with Crippen molar-refractivity contribution >= 4 is 22.6 Å². The maximum Gasteiger partial charge on any atom is 0.337 e. The molecule has 0 amide bonds. The largest absolute Gasteiger partial charge is 0.478 e. The van der Waals surface area contributed by atoms with Gasteiger partial charge in [0.15, 0.2) is 0 Å². The molecule has 5 nitrogen and oxygen atoms in total. The lowest BCUT2D eigenvalue weighted by Crippen LogP contribution is -2.01. The second-order valence-electron chi connectivity index (χ2n) is 3.11. The first kappa shape index (κ1) is 8.55. The van der Waals surface area contributed by atoms with Crippen molar-refractivity contribution in [2.24, 2.45) is 7.05 Å². The summed E-state index contributed by atoms with van der Waals surface area (Å²) in [6.07, 6.45) is 1.75. The van der Waals surface area contributed by atoms with E-state index in [-0.39, 0.29) is 11.3 Å². The standard InChI is InChI=1S/C9H9N3O2/c1-12-4-5-2-6(9(13)14)7(10)3-8(5)11-12/h2-4H,10H2,1H3,(H,13,14). The fourth-order valence-corrected chi connectivity index (χ4v) is 1.40. The van der Waals surface area contributed by atoms with Crippen LogP contribution in [0.2, 0.25) is 0 Å². The van der Waals surface area contributed by atoms with Crippen molar-refractivity contribution in [3.8, 4) is 0 Å². The highest BCUT2D eigenvalue weighted by atomic mass is 16.4. The third kappa shape index (κ3) is 1.19. The van der Waals surface area contributed by atoms with Crippen molar-refractivity contribution in [3.63, 3.8) is 0 Å². The minimum absolute atomic E-state index is 0.116. The van der Waals surface area contributed by atoms with Crippen molar-refractivity contribution in [2.75, 3.05) is 5.73 Å². The molecule has 1 aromatic heterocycles. The van der Waals surface area contributed by atoms with Crippen LogP contribution in [0.15, 0.2) is 18.3 Å². The molecule has 0 radical (unpaired) electrons. The number of nitrogens with zero attached hydrogens (tertiary/aromatic N) is 2. The van der Waals surface area contributed by atoms with Gasteiger partial charge in [0.05, 0.1) is 11.1 Å². The van der Waals surface area contributed by atoms with Gasteiger partial charge in [-0.15, -0.1) is 0 Å². The zero-order valence-corrected chi connectivity index (χ0v) is 7.56. The number of nitrogens with two attached hydrogens (primary N) is 1. The van der Waals surface area contributed by atoms with Crippen LogP contribution < -0.4 is 5.73 Å². The number of aromatic nitrogens is 2. The summed E-state index contributed by atoms with van der Waals surface area (Å²) in [5.74, 6) is -1.02. The van der Waals surface area contributed by atoms with E-state index < -0.39 is 5.97 Å². The van der Waals surface area contributed by atoms with Crippen LogP contribution in [0.5, 0.6) is 0 Å². The average Bonchev–Trinajstić information content (AvgIpc) is 2.42. The second-order valence-corrected chi connectivity index (χ2v) is 3.11. The first-order valence-corrected chi connectivity index (χ1v) is 4.04. The summed E-state index contributed by atoms with van der Waals surface area (Å²) in [6, 6.07) is 3.10. The minimum Gasteiger partial charge on any atom is -0.478 e. The molecule has 1 heterocycles. The lowest BCUT2D eigenvalue weighted by Gasteiger charge is -1.98. The molecular weight excluding hydrogens is 182 g/mol. The van der Waals surface area contributed by atoms with Crippen molar-refractivity contribution in [2.45, 2.75) is 0 Å². The molecule has 0 bridgehead atoms. The topological polar surface area (TPSA) is 81.1 Å². The Morgan fingerprint density at radius 1 is 1.57 bits per heavy atom. The van der Waals surface area contributed by atoms with Gasteiger partial charge in [-0.1, -0.05) is 0 Å². The number of carboxylic acid groups (broad SMARTS) is 1. The molecule has 2 aromatic rings. The van der Waals surface area contributed by atoms with E-state index in [1.165, 1.54) is 6.07 Å². The smallest absolute Gasteiger partial charge is 0.337 e. The van der Waals surface area contributed by atoms with Crippen molar-refractivity contribution in [3.05, 3.63) is 23.9 Å². The number of anilines is 1. The van der Waals surface area contributed by atoms with E-state index in [0.29, 0.717) is 5.52 Å². The van der Waals surface area contributed by atoms with Crippen LogP contribution in [0.3, 0.4) is 0 Å². The van der Waals surface area contributed by atoms with Crippen LogP contribution in [0.1, 0.15) is 10.4 Å². The second kappa shape index (κ2) is 2.73. The number of aryl methyl sites for hydroxylation is 1. The number of hydrogen-bond acceptors (Lipinski definition) is 3. The van der Waals surface area contributed by atoms with Crippen molar-refractivity contribution in [1.82, 2.24) is 9.78 Å². The average molecular weight is 191 g/mol. The normalized spacial score (nSPS) is 10.6.